The molecule has 11 heteroatoms. The van der Waals surface area contributed by atoms with E-state index in [1.54, 1.807) is 7.05 Å². The average Bonchev–Trinajstić information content (AvgIpc) is 3.24. The van der Waals surface area contributed by atoms with Crippen molar-refractivity contribution < 1.29 is 22.7 Å². The number of pyridine rings is 1. The zero-order valence-corrected chi connectivity index (χ0v) is 20.5. The lowest BCUT2D eigenvalue weighted by Crippen LogP contribution is -2.46. The minimum atomic E-state index is -4.41. The van der Waals surface area contributed by atoms with Crippen molar-refractivity contribution >= 4 is 35.8 Å². The zero-order valence-electron chi connectivity index (χ0n) is 18.2. The molecule has 0 radical (unpaired) electrons. The van der Waals surface area contributed by atoms with Crippen LogP contribution in [0, 0.1) is 5.92 Å². The van der Waals surface area contributed by atoms with Gasteiger partial charge in [0.15, 0.2) is 5.96 Å². The van der Waals surface area contributed by atoms with Gasteiger partial charge in [0.25, 0.3) is 0 Å². The number of likely N-dealkylation sites (tertiary alicyclic amines) is 1. The van der Waals surface area contributed by atoms with Crippen molar-refractivity contribution in [1.82, 2.24) is 20.5 Å². The van der Waals surface area contributed by atoms with Gasteiger partial charge in [0, 0.05) is 44.4 Å². The number of hydrogen-bond donors (Lipinski definition) is 2. The maximum atomic E-state index is 12.7. The molecule has 1 aliphatic heterocycles. The van der Waals surface area contributed by atoms with Crippen molar-refractivity contribution in [3.05, 3.63) is 23.9 Å². The van der Waals surface area contributed by atoms with E-state index in [4.69, 9.17) is 4.74 Å². The molecule has 1 aliphatic carbocycles. The molecule has 2 N–H and O–H groups in total. The number of alkyl halides is 3. The van der Waals surface area contributed by atoms with E-state index in [1.165, 1.54) is 12.5 Å². The molecule has 7 nitrogen and oxygen atoms in total. The number of rotatable bonds is 6. The summed E-state index contributed by atoms with van der Waals surface area (Å²) in [6, 6.07) is 2.28. The molecule has 1 amide bonds. The maximum absolute atomic E-state index is 12.7. The van der Waals surface area contributed by atoms with E-state index in [-0.39, 0.29) is 54.3 Å². The lowest BCUT2D eigenvalue weighted by atomic mass is 9.88. The van der Waals surface area contributed by atoms with Gasteiger partial charge in [0.05, 0.1) is 12.1 Å². The van der Waals surface area contributed by atoms with Crippen LogP contribution in [0.1, 0.15) is 44.1 Å². The summed E-state index contributed by atoms with van der Waals surface area (Å²) in [5.74, 6) is 1.19. The highest BCUT2D eigenvalue weighted by Gasteiger charge is 2.32. The number of amides is 1. The predicted octanol–water partition coefficient (Wildman–Crippen LogP) is 3.44. The van der Waals surface area contributed by atoms with E-state index in [0.29, 0.717) is 19.0 Å². The summed E-state index contributed by atoms with van der Waals surface area (Å²) < 4.78 is 43.0. The van der Waals surface area contributed by atoms with Gasteiger partial charge in [-0.1, -0.05) is 19.3 Å². The normalized spacial score (nSPS) is 19.9. The Morgan fingerprint density at radius 2 is 2.00 bits per heavy atom. The highest BCUT2D eigenvalue weighted by atomic mass is 127. The molecule has 180 valence electrons. The highest BCUT2D eigenvalue weighted by Crippen LogP contribution is 2.29. The third-order valence-electron chi connectivity index (χ3n) is 5.73. The number of aromatic nitrogens is 1. The second-order valence-electron chi connectivity index (χ2n) is 7.98. The number of carbonyl (C=O) groups is 1. The van der Waals surface area contributed by atoms with Gasteiger partial charge in [-0.3, -0.25) is 9.79 Å². The standard InChI is InChI=1S/C21H30F3N5O2.HI/c1-25-20(26-10-12-31-18-8-7-16(13-27-18)21(22,23)24)28-17-9-11-29(14-17)19(30)15-5-3-2-4-6-15;/h7-8,13,15,17H,2-6,9-12,14H2,1H3,(H2,25,26,28);1H. The summed E-state index contributed by atoms with van der Waals surface area (Å²) in [6.07, 6.45) is 2.74. The summed E-state index contributed by atoms with van der Waals surface area (Å²) in [5, 5.41) is 6.44. The topological polar surface area (TPSA) is 78.9 Å². The Balaban J connectivity index is 0.00000363. The summed E-state index contributed by atoms with van der Waals surface area (Å²) in [4.78, 5) is 22.5. The molecule has 1 unspecified atom stereocenters. The van der Waals surface area contributed by atoms with Gasteiger partial charge in [0.1, 0.15) is 6.61 Å². The summed E-state index contributed by atoms with van der Waals surface area (Å²) in [5.41, 5.74) is -0.810. The lowest BCUT2D eigenvalue weighted by molar-refractivity contribution is -0.138. The quantitative estimate of drug-likeness (QED) is 0.238. The molecule has 2 heterocycles. The third kappa shape index (κ3) is 7.66. The first-order chi connectivity index (χ1) is 14.9. The molecule has 32 heavy (non-hydrogen) atoms. The second-order valence-corrected chi connectivity index (χ2v) is 7.98. The van der Waals surface area contributed by atoms with Gasteiger partial charge in [-0.15, -0.1) is 24.0 Å². The van der Waals surface area contributed by atoms with Gasteiger partial charge in [-0.2, -0.15) is 13.2 Å². The minimum Gasteiger partial charge on any atom is -0.476 e. The van der Waals surface area contributed by atoms with E-state index < -0.39 is 11.7 Å². The average molecular weight is 569 g/mol. The van der Waals surface area contributed by atoms with Gasteiger partial charge in [-0.25, -0.2) is 4.98 Å². The number of nitrogens with one attached hydrogen (secondary N) is 2. The minimum absolute atomic E-state index is 0. The summed E-state index contributed by atoms with van der Waals surface area (Å²) >= 11 is 0. The molecule has 1 aromatic heterocycles. The first-order valence-electron chi connectivity index (χ1n) is 10.8. The number of ether oxygens (including phenoxy) is 1. The van der Waals surface area contributed by atoms with Crippen LogP contribution in [-0.4, -0.2) is 61.1 Å². The number of aliphatic imine (C=N–C) groups is 1. The van der Waals surface area contributed by atoms with E-state index >= 15 is 0 Å². The van der Waals surface area contributed by atoms with Crippen molar-refractivity contribution in [2.75, 3.05) is 33.3 Å². The van der Waals surface area contributed by atoms with E-state index in [1.807, 2.05) is 4.90 Å². The first-order valence-corrected chi connectivity index (χ1v) is 10.8. The number of nitrogens with zero attached hydrogens (tertiary/aromatic N) is 3. The Morgan fingerprint density at radius 1 is 1.25 bits per heavy atom. The molecule has 1 saturated heterocycles. The largest absolute Gasteiger partial charge is 0.476 e. The monoisotopic (exact) mass is 569 g/mol. The smallest absolute Gasteiger partial charge is 0.417 e. The molecule has 2 fully saturated rings. The van der Waals surface area contributed by atoms with E-state index in [0.717, 1.165) is 50.9 Å². The van der Waals surface area contributed by atoms with Gasteiger partial charge < -0.3 is 20.3 Å². The fourth-order valence-corrected chi connectivity index (χ4v) is 4.03. The van der Waals surface area contributed by atoms with Gasteiger partial charge in [0.2, 0.25) is 11.8 Å². The molecular weight excluding hydrogens is 538 g/mol. The van der Waals surface area contributed by atoms with Crippen molar-refractivity contribution in [3.63, 3.8) is 0 Å². The molecule has 3 rings (SSSR count). The van der Waals surface area contributed by atoms with Gasteiger partial charge >= 0.3 is 6.18 Å². The highest BCUT2D eigenvalue weighted by molar-refractivity contribution is 14.0. The summed E-state index contributed by atoms with van der Waals surface area (Å²) in [7, 11) is 1.66. The van der Waals surface area contributed by atoms with Crippen LogP contribution in [0.2, 0.25) is 0 Å². The fourth-order valence-electron chi connectivity index (χ4n) is 4.03. The molecule has 0 spiro atoms. The van der Waals surface area contributed by atoms with Crippen molar-refractivity contribution in [2.24, 2.45) is 10.9 Å². The lowest BCUT2D eigenvalue weighted by Gasteiger charge is -2.26. The molecule has 1 aromatic rings. The fraction of sp³-hybridized carbons (Fsp3) is 0.667. The van der Waals surface area contributed by atoms with Crippen LogP contribution in [0.25, 0.3) is 0 Å². The Hall–Kier alpha value is -1.79. The van der Waals surface area contributed by atoms with Crippen LogP contribution in [0.4, 0.5) is 13.2 Å². The number of guanidine groups is 1. The molecule has 1 atom stereocenters. The molecular formula is C21H31F3IN5O2. The molecule has 1 saturated carbocycles. The SMILES string of the molecule is CN=C(NCCOc1ccc(C(F)(F)F)cn1)NC1CCN(C(=O)C2CCCCC2)C1.I. The Labute approximate surface area is 203 Å². The van der Waals surface area contributed by atoms with Crippen LogP contribution in [0.3, 0.4) is 0 Å². The molecule has 2 aliphatic rings. The first kappa shape index (κ1) is 26.5. The van der Waals surface area contributed by atoms with Crippen molar-refractivity contribution in [2.45, 2.75) is 50.7 Å². The Bertz CT molecular complexity index is 755. The van der Waals surface area contributed by atoms with Crippen LogP contribution in [-0.2, 0) is 11.0 Å². The second kappa shape index (κ2) is 12.4. The molecule has 0 aromatic carbocycles. The Kier molecular flexibility index (Phi) is 10.3. The van der Waals surface area contributed by atoms with Crippen LogP contribution >= 0.6 is 24.0 Å². The predicted molar refractivity (Wildman–Crippen MR) is 126 cm³/mol. The molecule has 0 bridgehead atoms. The van der Waals surface area contributed by atoms with Gasteiger partial charge in [-0.05, 0) is 25.3 Å². The van der Waals surface area contributed by atoms with E-state index in [2.05, 4.69) is 20.6 Å². The third-order valence-corrected chi connectivity index (χ3v) is 5.73. The number of halogens is 4. The maximum Gasteiger partial charge on any atom is 0.417 e. The van der Waals surface area contributed by atoms with Crippen LogP contribution in [0.5, 0.6) is 5.88 Å². The number of carbonyl (C=O) groups excluding carboxylic acids is 1. The van der Waals surface area contributed by atoms with Crippen molar-refractivity contribution in [1.29, 1.82) is 0 Å². The van der Waals surface area contributed by atoms with Crippen molar-refractivity contribution in [3.8, 4) is 5.88 Å². The van der Waals surface area contributed by atoms with E-state index in [9.17, 15) is 18.0 Å². The van der Waals surface area contributed by atoms with Crippen LogP contribution < -0.4 is 15.4 Å². The van der Waals surface area contributed by atoms with Crippen LogP contribution in [0.15, 0.2) is 23.3 Å². The zero-order chi connectivity index (χ0) is 22.3. The Morgan fingerprint density at radius 3 is 2.62 bits per heavy atom. The summed E-state index contributed by atoms with van der Waals surface area (Å²) in [6.45, 7) is 2.05. The number of hydrogen-bond acceptors (Lipinski definition) is 4.